The molecular formula is C78H52F5NO2. The summed E-state index contributed by atoms with van der Waals surface area (Å²) in [6.07, 6.45) is 9.22. The van der Waals surface area contributed by atoms with E-state index < -0.39 is 34.1 Å². The smallest absolute Gasteiger partial charge is 0.159 e. The molecule has 0 aromatic heterocycles. The third kappa shape index (κ3) is 8.95. The molecule has 0 N–H and O–H groups in total. The van der Waals surface area contributed by atoms with Gasteiger partial charge in [-0.15, -0.1) is 0 Å². The van der Waals surface area contributed by atoms with Gasteiger partial charge in [0, 0.05) is 17.1 Å². The van der Waals surface area contributed by atoms with Crippen LogP contribution in [0.4, 0.5) is 39.0 Å². The van der Waals surface area contributed by atoms with Crippen LogP contribution in [0.5, 0.6) is 23.0 Å². The van der Waals surface area contributed by atoms with Gasteiger partial charge in [-0.25, -0.2) is 22.0 Å². The maximum atomic E-state index is 16.1. The number of hydrogen-bond acceptors (Lipinski definition) is 3. The van der Waals surface area contributed by atoms with Crippen molar-refractivity contribution < 1.29 is 31.4 Å². The molecule has 2 unspecified atom stereocenters. The summed E-state index contributed by atoms with van der Waals surface area (Å²) in [6.45, 7) is 7.75. The third-order valence-electron chi connectivity index (χ3n) is 17.2. The van der Waals surface area contributed by atoms with Crippen molar-refractivity contribution in [1.82, 2.24) is 0 Å². The van der Waals surface area contributed by atoms with Gasteiger partial charge in [-0.3, -0.25) is 0 Å². The van der Waals surface area contributed by atoms with Gasteiger partial charge in [0.1, 0.15) is 28.8 Å². The Balaban J connectivity index is 0.978. The first-order valence-electron chi connectivity index (χ1n) is 28.4. The number of ether oxygens (including phenoxy) is 2. The van der Waals surface area contributed by atoms with Crippen LogP contribution in [0.1, 0.15) is 68.5 Å². The molecule has 0 saturated carbocycles. The minimum absolute atomic E-state index is 0.337. The summed E-state index contributed by atoms with van der Waals surface area (Å²) in [6, 6.07) is 74.4. The molecule has 3 aliphatic carbocycles. The van der Waals surface area contributed by atoms with E-state index in [4.69, 9.17) is 9.47 Å². The maximum Gasteiger partial charge on any atom is 0.159 e. The SMILES string of the molecule is C=Cc1ccc(Oc2ccc(C3(c4ccc(F)c(F)c4)C4=C(C=CCC4)c4ccc(N(c5ccc(-c6ccc(F)cc6)cc5)c5ccc6c(c5)C(c5ccc(Oc7ccc(C=C)cc7)cc5)(c5ccc(F)c(F)c5)c5ccccc5-6)cc43)cc2)cc1. The van der Waals surface area contributed by atoms with Gasteiger partial charge in [0.2, 0.25) is 0 Å². The van der Waals surface area contributed by atoms with E-state index in [2.05, 4.69) is 78.7 Å². The zero-order valence-electron chi connectivity index (χ0n) is 46.4. The Morgan fingerprint density at radius 3 is 1.36 bits per heavy atom. The molecule has 0 saturated heterocycles. The number of halogens is 5. The Bertz CT molecular complexity index is 4530. The van der Waals surface area contributed by atoms with Crippen molar-refractivity contribution in [2.45, 2.75) is 23.7 Å². The van der Waals surface area contributed by atoms with Gasteiger partial charge >= 0.3 is 0 Å². The highest BCUT2D eigenvalue weighted by Gasteiger charge is 2.49. The fourth-order valence-corrected chi connectivity index (χ4v) is 13.2. The first-order chi connectivity index (χ1) is 42.0. The van der Waals surface area contributed by atoms with E-state index in [1.165, 1.54) is 36.4 Å². The molecule has 0 amide bonds. The van der Waals surface area contributed by atoms with Crippen LogP contribution in [0.3, 0.4) is 0 Å². The molecule has 8 heteroatoms. The van der Waals surface area contributed by atoms with Crippen LogP contribution in [0.2, 0.25) is 0 Å². The van der Waals surface area contributed by atoms with Crippen molar-refractivity contribution in [2.75, 3.05) is 4.90 Å². The van der Waals surface area contributed by atoms with Gasteiger partial charge in [0.05, 0.1) is 10.8 Å². The Morgan fingerprint density at radius 2 is 0.826 bits per heavy atom. The van der Waals surface area contributed by atoms with Gasteiger partial charge in [0.15, 0.2) is 23.3 Å². The van der Waals surface area contributed by atoms with E-state index in [9.17, 15) is 4.39 Å². The minimum atomic E-state index is -1.20. The van der Waals surface area contributed by atoms with E-state index >= 15 is 17.6 Å². The van der Waals surface area contributed by atoms with Crippen LogP contribution in [-0.2, 0) is 10.8 Å². The van der Waals surface area contributed by atoms with Crippen molar-refractivity contribution in [2.24, 2.45) is 0 Å². The van der Waals surface area contributed by atoms with Crippen LogP contribution in [-0.4, -0.2) is 0 Å². The number of allylic oxidation sites excluding steroid dienone is 4. The zero-order valence-corrected chi connectivity index (χ0v) is 46.4. The average Bonchev–Trinajstić information content (AvgIpc) is 1.53. The molecule has 416 valence electrons. The molecule has 86 heavy (non-hydrogen) atoms. The fraction of sp³-hybridized carbons (Fsp3) is 0.0513. The van der Waals surface area contributed by atoms with Crippen molar-refractivity contribution in [1.29, 1.82) is 0 Å². The molecule has 0 heterocycles. The summed E-state index contributed by atoms with van der Waals surface area (Å²) >= 11 is 0. The number of nitrogens with zero attached hydrogens (tertiary/aromatic N) is 1. The second kappa shape index (κ2) is 21.6. The lowest BCUT2D eigenvalue weighted by Crippen LogP contribution is -2.31. The summed E-state index contributed by atoms with van der Waals surface area (Å²) in [5, 5.41) is 0. The maximum absolute atomic E-state index is 16.1. The molecule has 0 aliphatic heterocycles. The lowest BCUT2D eigenvalue weighted by Gasteiger charge is -2.37. The molecule has 11 aromatic rings. The van der Waals surface area contributed by atoms with Crippen molar-refractivity contribution >= 4 is 34.8 Å². The normalized spacial score (nSPS) is 16.2. The van der Waals surface area contributed by atoms with Crippen LogP contribution >= 0.6 is 0 Å². The molecular weight excluding hydrogens is 1080 g/mol. The van der Waals surface area contributed by atoms with Gasteiger partial charge in [0.25, 0.3) is 0 Å². The summed E-state index contributed by atoms with van der Waals surface area (Å²) in [5.74, 6) is -1.74. The van der Waals surface area contributed by atoms with Crippen LogP contribution in [0.15, 0.2) is 274 Å². The molecule has 0 fully saturated rings. The van der Waals surface area contributed by atoms with Crippen molar-refractivity contribution in [3.63, 3.8) is 0 Å². The van der Waals surface area contributed by atoms with Crippen molar-refractivity contribution in [3.05, 3.63) is 358 Å². The first kappa shape index (κ1) is 53.4. The standard InChI is InChI=1S/C78H52F5NO2/c1-3-49-13-33-61(34-14-49)85-63-37-21-53(22-38-63)77(55-25-43-73(80)75(82)45-55)69-11-7-5-9-65(69)67-41-31-59(47-71(67)77)84(58-29-19-52(20-30-58)51-17-27-57(79)28-18-51)60-32-42-68-66-10-6-8-12-70(66)78(72(68)48-60,56-26-44-74(81)76(83)46-56)54-23-39-64(40-24-54)86-62-35-15-50(4-2)16-36-62/h3-7,9-11,13-48H,1-2,8,12H2. The predicted molar refractivity (Wildman–Crippen MR) is 335 cm³/mol. The molecule has 11 aromatic carbocycles. The lowest BCUT2D eigenvalue weighted by atomic mass is 9.65. The number of anilines is 3. The predicted octanol–water partition coefficient (Wildman–Crippen LogP) is 21.2. The molecule has 2 atom stereocenters. The van der Waals surface area contributed by atoms with Crippen molar-refractivity contribution in [3.8, 4) is 45.3 Å². The van der Waals surface area contributed by atoms with Crippen LogP contribution in [0, 0.1) is 29.1 Å². The molecule has 3 aliphatic rings. The number of benzene rings is 11. The van der Waals surface area contributed by atoms with Gasteiger partial charge in [-0.1, -0.05) is 159 Å². The van der Waals surface area contributed by atoms with Crippen LogP contribution < -0.4 is 14.4 Å². The molecule has 3 nitrogen and oxygen atoms in total. The minimum Gasteiger partial charge on any atom is -0.457 e. The monoisotopic (exact) mass is 1130 g/mol. The highest BCUT2D eigenvalue weighted by molar-refractivity contribution is 5.94. The summed E-state index contributed by atoms with van der Waals surface area (Å²) < 4.78 is 89.7. The van der Waals surface area contributed by atoms with E-state index in [1.807, 2.05) is 133 Å². The average molecular weight is 1130 g/mol. The summed E-state index contributed by atoms with van der Waals surface area (Å²) in [7, 11) is 0. The highest BCUT2D eigenvalue weighted by atomic mass is 19.2. The first-order valence-corrected chi connectivity index (χ1v) is 28.4. The number of hydrogen-bond donors (Lipinski definition) is 0. The quantitative estimate of drug-likeness (QED) is 0.101. The molecule has 0 spiro atoms. The largest absolute Gasteiger partial charge is 0.457 e. The van der Waals surface area contributed by atoms with Crippen LogP contribution in [0.25, 0.3) is 40.0 Å². The molecule has 0 radical (unpaired) electrons. The van der Waals surface area contributed by atoms with Gasteiger partial charge < -0.3 is 14.4 Å². The molecule has 0 bridgehead atoms. The van der Waals surface area contributed by atoms with E-state index in [-0.39, 0.29) is 5.82 Å². The van der Waals surface area contributed by atoms with Gasteiger partial charge in [-0.2, -0.15) is 0 Å². The second-order valence-corrected chi connectivity index (χ2v) is 21.8. The number of fused-ring (bicyclic) bond motifs is 5. The Kier molecular flexibility index (Phi) is 13.4. The number of rotatable bonds is 14. The van der Waals surface area contributed by atoms with Gasteiger partial charge in [-0.05, 0) is 223 Å². The van der Waals surface area contributed by atoms with E-state index in [0.29, 0.717) is 40.5 Å². The fourth-order valence-electron chi connectivity index (χ4n) is 13.2. The third-order valence-corrected chi connectivity index (χ3v) is 17.2. The lowest BCUT2D eigenvalue weighted by molar-refractivity contribution is 0.481. The van der Waals surface area contributed by atoms with E-state index in [0.717, 1.165) is 101 Å². The van der Waals surface area contributed by atoms with E-state index in [1.54, 1.807) is 36.4 Å². The summed E-state index contributed by atoms with van der Waals surface area (Å²) in [5.41, 5.74) is 13.7. The summed E-state index contributed by atoms with van der Waals surface area (Å²) in [4.78, 5) is 2.17. The Hall–Kier alpha value is -10.6. The molecule has 14 rings (SSSR count). The Labute approximate surface area is 495 Å². The Morgan fingerprint density at radius 1 is 0.384 bits per heavy atom. The topological polar surface area (TPSA) is 21.7 Å². The highest BCUT2D eigenvalue weighted by Crippen LogP contribution is 2.61. The zero-order chi connectivity index (χ0) is 58.7. The second-order valence-electron chi connectivity index (χ2n) is 21.8.